The Bertz CT molecular complexity index is 313. The van der Waals surface area contributed by atoms with Gasteiger partial charge in [0.25, 0.3) is 0 Å². The van der Waals surface area contributed by atoms with Gasteiger partial charge in [-0.05, 0) is 29.5 Å². The summed E-state index contributed by atoms with van der Waals surface area (Å²) in [6, 6.07) is 8.17. The van der Waals surface area contributed by atoms with Gasteiger partial charge in [-0.15, -0.1) is 6.42 Å². The topological polar surface area (TPSA) is 43.1 Å². The first-order valence-corrected chi connectivity index (χ1v) is 4.44. The van der Waals surface area contributed by atoms with Gasteiger partial charge in [-0.3, -0.25) is 6.29 Å². The van der Waals surface area contributed by atoms with Crippen LogP contribution in [-0.4, -0.2) is 11.8 Å². The van der Waals surface area contributed by atoms with E-state index in [1.807, 2.05) is 18.4 Å². The minimum atomic E-state index is -0.370. The first-order valence-electron chi connectivity index (χ1n) is 4.44. The molecular weight excluding hydrogens is 251 g/mol. The maximum Gasteiger partial charge on any atom is 0 e. The van der Waals surface area contributed by atoms with E-state index in [0.717, 1.165) is 12.8 Å². The van der Waals surface area contributed by atoms with Crippen molar-refractivity contribution in [2.24, 2.45) is 5.73 Å². The normalized spacial score (nSPS) is 16.9. The van der Waals surface area contributed by atoms with Crippen LogP contribution in [-0.2, 0) is 50.3 Å². The Kier molecular flexibility index (Phi) is 3.99. The molecule has 0 heterocycles. The number of carbonyl (C=O) groups excluding carboxylic acids is 1. The Hall–Kier alpha value is -0.0461. The minimum Gasteiger partial charge on any atom is -0.542 e. The molecule has 1 radical (unpaired) electrons. The zero-order valence-electron chi connectivity index (χ0n) is 7.99. The Labute approximate surface area is 109 Å². The van der Waals surface area contributed by atoms with Crippen LogP contribution in [0.15, 0.2) is 24.3 Å². The van der Waals surface area contributed by atoms with Crippen LogP contribution in [0.4, 0.5) is 0 Å². The van der Waals surface area contributed by atoms with E-state index in [1.54, 1.807) is 0 Å². The molecule has 71 valence electrons. The van der Waals surface area contributed by atoms with Gasteiger partial charge in [0.05, 0.1) is 0 Å². The molecule has 0 saturated carbocycles. The number of hydrogen-bond acceptors (Lipinski definition) is 2. The van der Waals surface area contributed by atoms with Crippen molar-refractivity contribution in [2.45, 2.75) is 24.8 Å². The van der Waals surface area contributed by atoms with Crippen LogP contribution in [0.1, 0.15) is 17.5 Å². The number of nitrogens with two attached hydrogens (primary N) is 1. The van der Waals surface area contributed by atoms with Gasteiger partial charge in [0.1, 0.15) is 0 Å². The second kappa shape index (κ2) is 4.65. The summed E-state index contributed by atoms with van der Waals surface area (Å²) in [5.74, 6) is 0. The molecule has 0 spiro atoms. The molecule has 2 nitrogen and oxygen atoms in total. The fourth-order valence-electron chi connectivity index (χ4n) is 1.99. The van der Waals surface area contributed by atoms with E-state index in [9.17, 15) is 4.79 Å². The van der Waals surface area contributed by atoms with E-state index in [1.165, 1.54) is 11.1 Å². The van der Waals surface area contributed by atoms with Crippen molar-refractivity contribution in [3.8, 4) is 0 Å². The molecule has 0 atom stereocenters. The predicted molar refractivity (Wildman–Crippen MR) is 51.1 cm³/mol. The second-order valence-corrected chi connectivity index (χ2v) is 3.81. The molecule has 2 N–H and O–H groups in total. The van der Waals surface area contributed by atoms with Gasteiger partial charge in [0.2, 0.25) is 0 Å². The molecule has 1 aromatic carbocycles. The number of benzene rings is 1. The molecule has 3 heteroatoms. The fraction of sp³-hybridized carbons (Fsp3) is 0.364. The van der Waals surface area contributed by atoms with Crippen LogP contribution < -0.4 is 5.73 Å². The van der Waals surface area contributed by atoms with Crippen LogP contribution in [0.5, 0.6) is 0 Å². The molecule has 0 amide bonds. The molecule has 2 rings (SSSR count). The Morgan fingerprint density at radius 2 is 1.79 bits per heavy atom. The van der Waals surface area contributed by atoms with Crippen molar-refractivity contribution >= 4 is 6.29 Å². The summed E-state index contributed by atoms with van der Waals surface area (Å²) >= 11 is 0. The van der Waals surface area contributed by atoms with Crippen LogP contribution in [0, 0.1) is 0 Å². The summed E-state index contributed by atoms with van der Waals surface area (Å²) in [5.41, 5.74) is 8.24. The molecule has 0 bridgehead atoms. The molecule has 0 aromatic heterocycles. The van der Waals surface area contributed by atoms with Gasteiger partial charge >= 0.3 is 0 Å². The third-order valence-electron chi connectivity index (χ3n) is 2.63. The molecule has 0 saturated heterocycles. The summed E-state index contributed by atoms with van der Waals surface area (Å²) in [4.78, 5) is 10.3. The molecule has 0 aliphatic heterocycles. The van der Waals surface area contributed by atoms with E-state index in [4.69, 9.17) is 5.73 Å². The third kappa shape index (κ3) is 2.30. The van der Waals surface area contributed by atoms with Crippen molar-refractivity contribution in [2.75, 3.05) is 0 Å². The Morgan fingerprint density at radius 3 is 2.21 bits per heavy atom. The molecule has 1 aromatic rings. The molecule has 0 fully saturated rings. The SMILES string of the molecule is NC1(C[C-]=O)Cc2ccccc2C1.[Y]. The quantitative estimate of drug-likeness (QED) is 0.808. The standard InChI is InChI=1S/C11H12NO.Y/c12-11(5-6-13)7-9-3-1-2-4-10(9)8-11;/h1-4H,5,7-8,12H2;/q-1;. The van der Waals surface area contributed by atoms with E-state index < -0.39 is 0 Å². The van der Waals surface area contributed by atoms with Crippen molar-refractivity contribution in [3.05, 3.63) is 35.4 Å². The number of fused-ring (bicyclic) bond motifs is 1. The zero-order chi connectivity index (χ0) is 9.31. The van der Waals surface area contributed by atoms with Crippen LogP contribution in [0.3, 0.4) is 0 Å². The summed E-state index contributed by atoms with van der Waals surface area (Å²) in [6.45, 7) is 0. The molecule has 14 heavy (non-hydrogen) atoms. The van der Waals surface area contributed by atoms with Crippen molar-refractivity contribution in [1.82, 2.24) is 0 Å². The summed E-state index contributed by atoms with van der Waals surface area (Å²) in [7, 11) is 0. The summed E-state index contributed by atoms with van der Waals surface area (Å²) in [6.07, 6.45) is 3.85. The van der Waals surface area contributed by atoms with Crippen molar-refractivity contribution in [1.29, 1.82) is 0 Å². The zero-order valence-corrected chi connectivity index (χ0v) is 10.8. The van der Waals surface area contributed by atoms with Gasteiger partial charge in [-0.1, -0.05) is 24.3 Å². The van der Waals surface area contributed by atoms with E-state index in [-0.39, 0.29) is 38.2 Å². The summed E-state index contributed by atoms with van der Waals surface area (Å²) < 4.78 is 0. The molecule has 1 aliphatic rings. The van der Waals surface area contributed by atoms with E-state index in [2.05, 4.69) is 12.1 Å². The van der Waals surface area contributed by atoms with E-state index in [0.29, 0.717) is 6.42 Å². The van der Waals surface area contributed by atoms with Gasteiger partial charge in [0.15, 0.2) is 0 Å². The maximum atomic E-state index is 10.3. The van der Waals surface area contributed by atoms with Crippen LogP contribution >= 0.6 is 0 Å². The number of rotatable bonds is 2. The first kappa shape index (κ1) is 12.0. The third-order valence-corrected chi connectivity index (χ3v) is 2.63. The molecule has 1 aliphatic carbocycles. The minimum absolute atomic E-state index is 0. The Morgan fingerprint density at radius 1 is 1.29 bits per heavy atom. The monoisotopic (exact) mass is 263 g/mol. The molecular formula is C11H12NOY-. The second-order valence-electron chi connectivity index (χ2n) is 3.81. The van der Waals surface area contributed by atoms with Gasteiger partial charge < -0.3 is 10.5 Å². The average Bonchev–Trinajstić information content (AvgIpc) is 2.40. The van der Waals surface area contributed by atoms with Gasteiger partial charge in [-0.25, -0.2) is 0 Å². The van der Waals surface area contributed by atoms with Crippen LogP contribution in [0.25, 0.3) is 0 Å². The van der Waals surface area contributed by atoms with Gasteiger partial charge in [-0.2, -0.15) is 0 Å². The van der Waals surface area contributed by atoms with Gasteiger partial charge in [0, 0.05) is 32.7 Å². The van der Waals surface area contributed by atoms with E-state index >= 15 is 0 Å². The first-order chi connectivity index (χ1) is 6.23. The Balaban J connectivity index is 0.000000980. The van der Waals surface area contributed by atoms with Crippen molar-refractivity contribution < 1.29 is 37.5 Å². The predicted octanol–water partition coefficient (Wildman–Crippen LogP) is 0.980. The largest absolute Gasteiger partial charge is 0.542 e. The summed E-state index contributed by atoms with van der Waals surface area (Å²) in [5, 5.41) is 0. The maximum absolute atomic E-state index is 10.3. The molecule has 0 unspecified atom stereocenters. The average molecular weight is 263 g/mol. The van der Waals surface area contributed by atoms with Crippen LogP contribution in [0.2, 0.25) is 0 Å². The smallest absolute Gasteiger partial charge is 0 e. The fourth-order valence-corrected chi connectivity index (χ4v) is 1.99. The van der Waals surface area contributed by atoms with Crippen molar-refractivity contribution in [3.63, 3.8) is 0 Å². The number of hydrogen-bond donors (Lipinski definition) is 1.